The maximum Gasteiger partial charge on any atom is 0.331 e. The van der Waals surface area contributed by atoms with E-state index in [0.717, 1.165) is 4.90 Å². The predicted molar refractivity (Wildman–Crippen MR) is 60.7 cm³/mol. The highest BCUT2D eigenvalue weighted by Gasteiger charge is 2.28. The van der Waals surface area contributed by atoms with E-state index in [2.05, 4.69) is 0 Å². The number of carboxylic acid groups (broad SMARTS) is 1. The fourth-order valence-electron chi connectivity index (χ4n) is 1.33. The van der Waals surface area contributed by atoms with Gasteiger partial charge in [-0.3, -0.25) is 4.79 Å². The van der Waals surface area contributed by atoms with Gasteiger partial charge in [0.2, 0.25) is 6.41 Å². The number of hydrogen-bond acceptors (Lipinski definition) is 2. The van der Waals surface area contributed by atoms with Crippen LogP contribution in [0, 0.1) is 0 Å². The van der Waals surface area contributed by atoms with Crippen LogP contribution in [-0.4, -0.2) is 29.4 Å². The Kier molecular flexibility index (Phi) is 4.15. The number of likely N-dealkylation sites (N-methyl/N-ethyl adjacent to an activating group) is 1. The fourth-order valence-corrected chi connectivity index (χ4v) is 1.94. The molecule has 0 aliphatic carbocycles. The molecule has 0 spiro atoms. The summed E-state index contributed by atoms with van der Waals surface area (Å²) in [7, 11) is 1.35. The van der Waals surface area contributed by atoms with Crippen LogP contribution in [0.15, 0.2) is 18.2 Å². The predicted octanol–water partition coefficient (Wildman–Crippen LogP) is 2.21. The first kappa shape index (κ1) is 12.8. The third-order valence-electron chi connectivity index (χ3n) is 2.08. The lowest BCUT2D eigenvalue weighted by Crippen LogP contribution is -2.30. The second kappa shape index (κ2) is 5.18. The first-order valence-corrected chi connectivity index (χ1v) is 5.08. The number of amides is 1. The summed E-state index contributed by atoms with van der Waals surface area (Å²) in [6.07, 6.45) is 0.415. The molecule has 0 saturated heterocycles. The Hall–Kier alpha value is -1.26. The van der Waals surface area contributed by atoms with Gasteiger partial charge in [0.15, 0.2) is 6.04 Å². The third kappa shape index (κ3) is 2.46. The number of benzene rings is 1. The minimum Gasteiger partial charge on any atom is -0.479 e. The van der Waals surface area contributed by atoms with Crippen LogP contribution in [0.1, 0.15) is 11.6 Å². The molecule has 0 aliphatic rings. The van der Waals surface area contributed by atoms with Crippen LogP contribution >= 0.6 is 23.2 Å². The molecule has 4 nitrogen and oxygen atoms in total. The molecule has 1 aromatic rings. The molecular formula is C10H9Cl2NO3. The van der Waals surface area contributed by atoms with Crippen molar-refractivity contribution in [2.45, 2.75) is 6.04 Å². The van der Waals surface area contributed by atoms with Crippen LogP contribution < -0.4 is 0 Å². The van der Waals surface area contributed by atoms with Crippen molar-refractivity contribution in [3.63, 3.8) is 0 Å². The summed E-state index contributed by atoms with van der Waals surface area (Å²) < 4.78 is 0. The van der Waals surface area contributed by atoms with Crippen LogP contribution in [0.5, 0.6) is 0 Å². The van der Waals surface area contributed by atoms with Crippen molar-refractivity contribution in [2.75, 3.05) is 7.05 Å². The zero-order chi connectivity index (χ0) is 12.3. The lowest BCUT2D eigenvalue weighted by atomic mass is 10.1. The van der Waals surface area contributed by atoms with Crippen molar-refractivity contribution in [3.8, 4) is 0 Å². The maximum atomic E-state index is 11.1. The molecular weight excluding hydrogens is 253 g/mol. The van der Waals surface area contributed by atoms with Crippen LogP contribution in [0.4, 0.5) is 0 Å². The molecule has 0 aromatic heterocycles. The molecule has 1 amide bonds. The SMILES string of the molecule is CN(C=O)C(C(=O)O)c1c(Cl)cccc1Cl. The highest BCUT2D eigenvalue weighted by Crippen LogP contribution is 2.32. The van der Waals surface area contributed by atoms with Crippen LogP contribution in [0.2, 0.25) is 10.0 Å². The normalized spacial score (nSPS) is 11.9. The van der Waals surface area contributed by atoms with Gasteiger partial charge >= 0.3 is 5.97 Å². The van der Waals surface area contributed by atoms with Gasteiger partial charge in [-0.15, -0.1) is 0 Å². The number of nitrogens with zero attached hydrogens (tertiary/aromatic N) is 1. The quantitative estimate of drug-likeness (QED) is 0.846. The summed E-state index contributed by atoms with van der Waals surface area (Å²) in [6, 6.07) is 3.47. The Morgan fingerprint density at radius 1 is 1.44 bits per heavy atom. The van der Waals surface area contributed by atoms with E-state index in [4.69, 9.17) is 28.3 Å². The number of carbonyl (C=O) groups excluding carboxylic acids is 1. The number of aliphatic carboxylic acids is 1. The van der Waals surface area contributed by atoms with Crippen molar-refractivity contribution >= 4 is 35.6 Å². The van der Waals surface area contributed by atoms with E-state index in [1.807, 2.05) is 0 Å². The molecule has 0 fully saturated rings. The highest BCUT2D eigenvalue weighted by atomic mass is 35.5. The molecule has 0 radical (unpaired) electrons. The van der Waals surface area contributed by atoms with Gasteiger partial charge in [0.05, 0.1) is 0 Å². The summed E-state index contributed by atoms with van der Waals surface area (Å²) in [5, 5.41) is 9.49. The molecule has 1 rings (SSSR count). The van der Waals surface area contributed by atoms with Crippen molar-refractivity contribution in [1.82, 2.24) is 4.90 Å². The Balaban J connectivity index is 3.31. The second-order valence-corrected chi connectivity index (χ2v) is 3.96. The van der Waals surface area contributed by atoms with Gasteiger partial charge in [-0.2, -0.15) is 0 Å². The Morgan fingerprint density at radius 3 is 2.31 bits per heavy atom. The summed E-state index contributed by atoms with van der Waals surface area (Å²) in [5.74, 6) is -1.19. The standard InChI is InChI=1S/C10H9Cl2NO3/c1-13(5-14)9(10(15)16)8-6(11)3-2-4-7(8)12/h2-5,9H,1H3,(H,15,16). The lowest BCUT2D eigenvalue weighted by Gasteiger charge is -2.22. The van der Waals surface area contributed by atoms with Gasteiger partial charge in [0.25, 0.3) is 0 Å². The summed E-state index contributed by atoms with van der Waals surface area (Å²) >= 11 is 11.8. The number of halogens is 2. The summed E-state index contributed by atoms with van der Waals surface area (Å²) in [5.41, 5.74) is 0.216. The molecule has 0 aliphatic heterocycles. The number of carbonyl (C=O) groups is 2. The molecule has 16 heavy (non-hydrogen) atoms. The molecule has 6 heteroatoms. The zero-order valence-corrected chi connectivity index (χ0v) is 9.87. The Bertz CT molecular complexity index is 402. The zero-order valence-electron chi connectivity index (χ0n) is 8.35. The van der Waals surface area contributed by atoms with Gasteiger partial charge in [0.1, 0.15) is 0 Å². The number of rotatable bonds is 4. The summed E-state index contributed by atoms with van der Waals surface area (Å²) in [4.78, 5) is 22.7. The molecule has 1 N–H and O–H groups in total. The summed E-state index contributed by atoms with van der Waals surface area (Å²) in [6.45, 7) is 0. The van der Waals surface area contributed by atoms with Crippen LogP contribution in [-0.2, 0) is 9.59 Å². The average Bonchev–Trinajstić information content (AvgIpc) is 2.22. The Morgan fingerprint density at radius 2 is 1.94 bits per heavy atom. The van der Waals surface area contributed by atoms with E-state index >= 15 is 0 Å². The van der Waals surface area contributed by atoms with Crippen molar-refractivity contribution < 1.29 is 14.7 Å². The highest BCUT2D eigenvalue weighted by molar-refractivity contribution is 6.36. The fraction of sp³-hybridized carbons (Fsp3) is 0.200. The van der Waals surface area contributed by atoms with E-state index in [0.29, 0.717) is 6.41 Å². The molecule has 86 valence electrons. The van der Waals surface area contributed by atoms with Crippen LogP contribution in [0.3, 0.4) is 0 Å². The van der Waals surface area contributed by atoms with Gasteiger partial charge in [-0.1, -0.05) is 29.3 Å². The van der Waals surface area contributed by atoms with E-state index in [1.54, 1.807) is 6.07 Å². The molecule has 0 bridgehead atoms. The third-order valence-corrected chi connectivity index (χ3v) is 2.74. The van der Waals surface area contributed by atoms with Gasteiger partial charge in [-0.05, 0) is 12.1 Å². The lowest BCUT2D eigenvalue weighted by molar-refractivity contribution is -0.145. The molecule has 0 saturated carbocycles. The van der Waals surface area contributed by atoms with Crippen molar-refractivity contribution in [2.24, 2.45) is 0 Å². The molecule has 1 atom stereocenters. The van der Waals surface area contributed by atoms with Crippen molar-refractivity contribution in [1.29, 1.82) is 0 Å². The average molecular weight is 262 g/mol. The van der Waals surface area contributed by atoms with E-state index < -0.39 is 12.0 Å². The maximum absolute atomic E-state index is 11.1. The van der Waals surface area contributed by atoms with E-state index in [9.17, 15) is 9.59 Å². The molecule has 0 heterocycles. The first-order chi connectivity index (χ1) is 7.49. The van der Waals surface area contributed by atoms with E-state index in [1.165, 1.54) is 19.2 Å². The van der Waals surface area contributed by atoms with Gasteiger partial charge in [0, 0.05) is 22.7 Å². The van der Waals surface area contributed by atoms with Gasteiger partial charge < -0.3 is 10.0 Å². The largest absolute Gasteiger partial charge is 0.479 e. The van der Waals surface area contributed by atoms with Crippen LogP contribution in [0.25, 0.3) is 0 Å². The minimum atomic E-state index is -1.19. The Labute approximate surface area is 102 Å². The topological polar surface area (TPSA) is 57.6 Å². The van der Waals surface area contributed by atoms with Crippen molar-refractivity contribution in [3.05, 3.63) is 33.8 Å². The molecule has 1 aromatic carbocycles. The second-order valence-electron chi connectivity index (χ2n) is 3.15. The molecule has 1 unspecified atom stereocenters. The number of hydrogen-bond donors (Lipinski definition) is 1. The first-order valence-electron chi connectivity index (χ1n) is 4.33. The monoisotopic (exact) mass is 261 g/mol. The van der Waals surface area contributed by atoms with E-state index in [-0.39, 0.29) is 15.6 Å². The minimum absolute atomic E-state index is 0.216. The number of carboxylic acids is 1. The van der Waals surface area contributed by atoms with Gasteiger partial charge in [-0.25, -0.2) is 4.79 Å². The smallest absolute Gasteiger partial charge is 0.331 e.